The van der Waals surface area contributed by atoms with E-state index < -0.39 is 5.91 Å². The zero-order valence-electron chi connectivity index (χ0n) is 12.8. The summed E-state index contributed by atoms with van der Waals surface area (Å²) in [6.45, 7) is 0.416. The Morgan fingerprint density at radius 3 is 2.52 bits per heavy atom. The number of rotatable bonds is 4. The van der Waals surface area contributed by atoms with Crippen molar-refractivity contribution >= 4 is 58.1 Å². The maximum Gasteiger partial charge on any atom is 0.276 e. The summed E-state index contributed by atoms with van der Waals surface area (Å²) >= 11 is 24.0. The minimum atomic E-state index is -0.452. The van der Waals surface area contributed by atoms with Gasteiger partial charge in [-0.25, -0.2) is 0 Å². The van der Waals surface area contributed by atoms with Crippen molar-refractivity contribution in [3.63, 3.8) is 0 Å². The van der Waals surface area contributed by atoms with Crippen LogP contribution in [0.2, 0.25) is 20.1 Å². The standard InChI is InChI=1S/C15H11Cl4N5O/c1-23-13(11(18)5-20-23)15(25)21-14-12(19)7-24(22-14)6-8-2-3-9(16)10(17)4-8/h2-5,7H,6H2,1H3,(H,21,22,25). The van der Waals surface area contributed by atoms with Crippen LogP contribution in [-0.2, 0) is 13.6 Å². The Labute approximate surface area is 163 Å². The Balaban J connectivity index is 1.78. The van der Waals surface area contributed by atoms with Crippen LogP contribution in [0.1, 0.15) is 16.1 Å². The molecule has 2 aromatic heterocycles. The molecule has 25 heavy (non-hydrogen) atoms. The van der Waals surface area contributed by atoms with Crippen molar-refractivity contribution < 1.29 is 4.79 Å². The second kappa shape index (κ2) is 7.25. The monoisotopic (exact) mass is 417 g/mol. The van der Waals surface area contributed by atoms with Gasteiger partial charge in [-0.1, -0.05) is 52.5 Å². The molecule has 0 aliphatic heterocycles. The maximum atomic E-state index is 12.3. The molecule has 0 saturated heterocycles. The Morgan fingerprint density at radius 1 is 1.12 bits per heavy atom. The number of carbonyl (C=O) groups is 1. The Bertz CT molecular complexity index is 930. The van der Waals surface area contributed by atoms with Crippen molar-refractivity contribution in [3.8, 4) is 0 Å². The molecule has 0 spiro atoms. The van der Waals surface area contributed by atoms with Crippen LogP contribution in [0.4, 0.5) is 5.82 Å². The van der Waals surface area contributed by atoms with Gasteiger partial charge in [0.2, 0.25) is 0 Å². The largest absolute Gasteiger partial charge is 0.302 e. The Hall–Kier alpha value is -1.73. The second-order valence-corrected chi connectivity index (χ2v) is 6.82. The molecule has 1 N–H and O–H groups in total. The minimum Gasteiger partial charge on any atom is -0.302 e. The molecule has 1 amide bonds. The van der Waals surface area contributed by atoms with E-state index in [1.165, 1.54) is 10.9 Å². The van der Waals surface area contributed by atoms with Gasteiger partial charge in [-0.2, -0.15) is 10.2 Å². The molecule has 0 atom stereocenters. The van der Waals surface area contributed by atoms with Gasteiger partial charge >= 0.3 is 0 Å². The minimum absolute atomic E-state index is 0.219. The molecule has 0 aliphatic carbocycles. The van der Waals surface area contributed by atoms with Gasteiger partial charge in [0, 0.05) is 13.2 Å². The second-order valence-electron chi connectivity index (χ2n) is 5.19. The Morgan fingerprint density at radius 2 is 1.88 bits per heavy atom. The Kier molecular flexibility index (Phi) is 5.24. The van der Waals surface area contributed by atoms with Crippen LogP contribution >= 0.6 is 46.4 Å². The summed E-state index contributed by atoms with van der Waals surface area (Å²) in [4.78, 5) is 12.3. The zero-order valence-corrected chi connectivity index (χ0v) is 15.8. The summed E-state index contributed by atoms with van der Waals surface area (Å²) in [6, 6.07) is 5.28. The molecule has 2 heterocycles. The third-order valence-electron chi connectivity index (χ3n) is 3.39. The number of nitrogens with one attached hydrogen (secondary N) is 1. The third-order valence-corrected chi connectivity index (χ3v) is 4.68. The lowest BCUT2D eigenvalue weighted by Crippen LogP contribution is -2.17. The van der Waals surface area contributed by atoms with Crippen LogP contribution in [0, 0.1) is 0 Å². The van der Waals surface area contributed by atoms with Crippen molar-refractivity contribution in [2.24, 2.45) is 7.05 Å². The lowest BCUT2D eigenvalue weighted by atomic mass is 10.2. The van der Waals surface area contributed by atoms with E-state index in [1.807, 2.05) is 6.07 Å². The normalized spacial score (nSPS) is 10.9. The van der Waals surface area contributed by atoms with Gasteiger partial charge < -0.3 is 5.32 Å². The number of hydrogen-bond donors (Lipinski definition) is 1. The number of anilines is 1. The number of aromatic nitrogens is 4. The summed E-state index contributed by atoms with van der Waals surface area (Å²) < 4.78 is 2.96. The highest BCUT2D eigenvalue weighted by Gasteiger charge is 2.18. The molecule has 0 fully saturated rings. The van der Waals surface area contributed by atoms with Crippen molar-refractivity contribution in [2.75, 3.05) is 5.32 Å². The summed E-state index contributed by atoms with van der Waals surface area (Å²) in [5.41, 5.74) is 1.11. The van der Waals surface area contributed by atoms with Crippen LogP contribution in [-0.4, -0.2) is 25.5 Å². The van der Waals surface area contributed by atoms with Gasteiger partial charge in [0.25, 0.3) is 5.91 Å². The first-order valence-corrected chi connectivity index (χ1v) is 8.52. The maximum absolute atomic E-state index is 12.3. The van der Waals surface area contributed by atoms with Crippen molar-refractivity contribution in [1.29, 1.82) is 0 Å². The smallest absolute Gasteiger partial charge is 0.276 e. The quantitative estimate of drug-likeness (QED) is 0.676. The van der Waals surface area contributed by atoms with Gasteiger partial charge in [-0.05, 0) is 17.7 Å². The van der Waals surface area contributed by atoms with Crippen LogP contribution < -0.4 is 5.32 Å². The number of nitrogens with zero attached hydrogens (tertiary/aromatic N) is 4. The average Bonchev–Trinajstić information content (AvgIpc) is 3.05. The molecule has 0 saturated carbocycles. The van der Waals surface area contributed by atoms with Crippen molar-refractivity contribution in [3.05, 3.63) is 61.9 Å². The summed E-state index contributed by atoms with van der Waals surface area (Å²) in [6.07, 6.45) is 2.99. The van der Waals surface area contributed by atoms with Crippen LogP contribution in [0.15, 0.2) is 30.6 Å². The molecule has 1 aromatic carbocycles. The van der Waals surface area contributed by atoms with E-state index in [-0.39, 0.29) is 16.5 Å². The first kappa shape index (κ1) is 18.1. The molecular weight excluding hydrogens is 408 g/mol. The topological polar surface area (TPSA) is 64.7 Å². The van der Waals surface area contributed by atoms with E-state index in [0.29, 0.717) is 21.6 Å². The van der Waals surface area contributed by atoms with Gasteiger partial charge in [-0.3, -0.25) is 14.2 Å². The van der Waals surface area contributed by atoms with E-state index >= 15 is 0 Å². The first-order chi connectivity index (χ1) is 11.8. The number of halogens is 4. The van der Waals surface area contributed by atoms with Gasteiger partial charge in [0.1, 0.15) is 10.7 Å². The number of benzene rings is 1. The molecule has 0 aliphatic rings. The van der Waals surface area contributed by atoms with E-state index in [1.54, 1.807) is 30.1 Å². The van der Waals surface area contributed by atoms with Crippen LogP contribution in [0.25, 0.3) is 0 Å². The number of amides is 1. The molecule has 0 radical (unpaired) electrons. The molecule has 10 heteroatoms. The molecular formula is C15H11Cl4N5O. The summed E-state index contributed by atoms with van der Waals surface area (Å²) in [5, 5.41) is 12.3. The lowest BCUT2D eigenvalue weighted by molar-refractivity contribution is 0.101. The highest BCUT2D eigenvalue weighted by molar-refractivity contribution is 6.42. The molecule has 0 bridgehead atoms. The zero-order chi connectivity index (χ0) is 18.1. The fourth-order valence-electron chi connectivity index (χ4n) is 2.22. The fourth-order valence-corrected chi connectivity index (χ4v) is 2.99. The van der Waals surface area contributed by atoms with E-state index in [2.05, 4.69) is 15.5 Å². The van der Waals surface area contributed by atoms with E-state index in [4.69, 9.17) is 46.4 Å². The lowest BCUT2D eigenvalue weighted by Gasteiger charge is -2.05. The van der Waals surface area contributed by atoms with Crippen molar-refractivity contribution in [1.82, 2.24) is 19.6 Å². The van der Waals surface area contributed by atoms with Gasteiger partial charge in [0.05, 0.1) is 27.8 Å². The molecule has 6 nitrogen and oxygen atoms in total. The third kappa shape index (κ3) is 3.93. The van der Waals surface area contributed by atoms with Crippen LogP contribution in [0.3, 0.4) is 0 Å². The molecule has 3 aromatic rings. The molecule has 3 rings (SSSR count). The predicted octanol–water partition coefficient (Wildman–Crippen LogP) is 4.53. The summed E-state index contributed by atoms with van der Waals surface area (Å²) in [7, 11) is 1.62. The number of carbonyl (C=O) groups excluding carboxylic acids is 1. The predicted molar refractivity (Wildman–Crippen MR) is 99.0 cm³/mol. The number of hydrogen-bond acceptors (Lipinski definition) is 3. The van der Waals surface area contributed by atoms with Gasteiger partial charge in [0.15, 0.2) is 5.82 Å². The molecule has 130 valence electrons. The van der Waals surface area contributed by atoms with E-state index in [9.17, 15) is 4.79 Å². The SMILES string of the molecule is Cn1ncc(Cl)c1C(=O)Nc1nn(Cc2ccc(Cl)c(Cl)c2)cc1Cl. The van der Waals surface area contributed by atoms with Gasteiger partial charge in [-0.15, -0.1) is 0 Å². The highest BCUT2D eigenvalue weighted by Crippen LogP contribution is 2.25. The van der Waals surface area contributed by atoms with E-state index in [0.717, 1.165) is 5.56 Å². The average molecular weight is 419 g/mol. The van der Waals surface area contributed by atoms with Crippen molar-refractivity contribution in [2.45, 2.75) is 6.54 Å². The summed E-state index contributed by atoms with van der Waals surface area (Å²) in [5.74, 6) is -0.226. The van der Waals surface area contributed by atoms with Crippen LogP contribution in [0.5, 0.6) is 0 Å². The number of aryl methyl sites for hydroxylation is 1. The highest BCUT2D eigenvalue weighted by atomic mass is 35.5. The molecule has 0 unspecified atom stereocenters. The first-order valence-electron chi connectivity index (χ1n) is 7.01. The fraction of sp³-hybridized carbons (Fsp3) is 0.133.